The third-order valence-corrected chi connectivity index (χ3v) is 4.92. The summed E-state index contributed by atoms with van der Waals surface area (Å²) in [6.45, 7) is 3.50. The Morgan fingerprint density at radius 1 is 1.17 bits per heavy atom. The van der Waals surface area contributed by atoms with Gasteiger partial charge in [-0.15, -0.1) is 0 Å². The summed E-state index contributed by atoms with van der Waals surface area (Å²) in [6, 6.07) is 16.2. The number of hydrogen-bond acceptors (Lipinski definition) is 2. The van der Waals surface area contributed by atoms with E-state index in [4.69, 9.17) is 0 Å². The molecule has 2 aromatic rings. The number of anilines is 2. The maximum atomic E-state index is 12.4. The normalized spacial score (nSPS) is 17.1. The lowest BCUT2D eigenvalue weighted by Crippen LogP contribution is -2.34. The van der Waals surface area contributed by atoms with Crippen molar-refractivity contribution in [2.45, 2.75) is 19.4 Å². The lowest BCUT2D eigenvalue weighted by atomic mass is 10.2. The molecule has 0 aliphatic carbocycles. The standard InChI is InChI=1S/C18H20BrN3O/c1-13-11-15(7-8-17(13)19)21-18(23)22-10-9-16(12-22)20-14-5-3-2-4-6-14/h2-8,11,16,20H,9-10,12H2,1H3,(H,21,23). The van der Waals surface area contributed by atoms with Gasteiger partial charge in [-0.1, -0.05) is 34.1 Å². The SMILES string of the molecule is Cc1cc(NC(=O)N2CCC(Nc3ccccc3)C2)ccc1Br. The van der Waals surface area contributed by atoms with Gasteiger partial charge in [0.2, 0.25) is 0 Å². The molecule has 1 aliphatic rings. The Kier molecular flexibility index (Phi) is 4.86. The second-order valence-corrected chi connectivity index (χ2v) is 6.69. The van der Waals surface area contributed by atoms with Gasteiger partial charge in [0.15, 0.2) is 0 Å². The zero-order chi connectivity index (χ0) is 16.2. The smallest absolute Gasteiger partial charge is 0.321 e. The predicted molar refractivity (Wildman–Crippen MR) is 97.9 cm³/mol. The molecule has 120 valence electrons. The van der Waals surface area contributed by atoms with Crippen molar-refractivity contribution in [3.05, 3.63) is 58.6 Å². The van der Waals surface area contributed by atoms with Crippen molar-refractivity contribution in [1.29, 1.82) is 0 Å². The summed E-state index contributed by atoms with van der Waals surface area (Å²) in [5.41, 5.74) is 3.03. The van der Waals surface area contributed by atoms with Crippen LogP contribution in [0.4, 0.5) is 16.2 Å². The van der Waals surface area contributed by atoms with Gasteiger partial charge < -0.3 is 15.5 Å². The Hall–Kier alpha value is -2.01. The Balaban J connectivity index is 1.56. The number of hydrogen-bond donors (Lipinski definition) is 2. The van der Waals surface area contributed by atoms with Gasteiger partial charge in [-0.25, -0.2) is 4.79 Å². The number of aryl methyl sites for hydroxylation is 1. The molecule has 1 fully saturated rings. The number of para-hydroxylation sites is 1. The molecule has 5 heteroatoms. The van der Waals surface area contributed by atoms with Gasteiger partial charge in [0.05, 0.1) is 0 Å². The van der Waals surface area contributed by atoms with Crippen LogP contribution in [0.2, 0.25) is 0 Å². The minimum absolute atomic E-state index is 0.0379. The second-order valence-electron chi connectivity index (χ2n) is 5.84. The number of carbonyl (C=O) groups is 1. The van der Waals surface area contributed by atoms with E-state index >= 15 is 0 Å². The van der Waals surface area contributed by atoms with E-state index in [0.29, 0.717) is 6.04 Å². The maximum absolute atomic E-state index is 12.4. The molecule has 0 radical (unpaired) electrons. The fraction of sp³-hybridized carbons (Fsp3) is 0.278. The van der Waals surface area contributed by atoms with Crippen LogP contribution in [-0.4, -0.2) is 30.1 Å². The van der Waals surface area contributed by atoms with Gasteiger partial charge >= 0.3 is 6.03 Å². The first-order valence-corrected chi connectivity index (χ1v) is 8.55. The summed E-state index contributed by atoms with van der Waals surface area (Å²) in [4.78, 5) is 14.2. The molecule has 2 amide bonds. The van der Waals surface area contributed by atoms with Gasteiger partial charge in [-0.05, 0) is 49.2 Å². The quantitative estimate of drug-likeness (QED) is 0.832. The largest absolute Gasteiger partial charge is 0.380 e. The van der Waals surface area contributed by atoms with Crippen LogP contribution < -0.4 is 10.6 Å². The summed E-state index contributed by atoms with van der Waals surface area (Å²) in [6.07, 6.45) is 0.960. The molecule has 4 nitrogen and oxygen atoms in total. The summed E-state index contributed by atoms with van der Waals surface area (Å²) in [7, 11) is 0. The van der Waals surface area contributed by atoms with Gasteiger partial charge in [-0.3, -0.25) is 0 Å². The maximum Gasteiger partial charge on any atom is 0.321 e. The van der Waals surface area contributed by atoms with E-state index < -0.39 is 0 Å². The van der Waals surface area contributed by atoms with Crippen LogP contribution >= 0.6 is 15.9 Å². The molecule has 0 spiro atoms. The van der Waals surface area contributed by atoms with Gasteiger partial charge in [0, 0.05) is 35.0 Å². The fourth-order valence-electron chi connectivity index (χ4n) is 2.76. The molecule has 1 atom stereocenters. The minimum atomic E-state index is -0.0379. The van der Waals surface area contributed by atoms with Gasteiger partial charge in [0.25, 0.3) is 0 Å². The van der Waals surface area contributed by atoms with Crippen molar-refractivity contribution in [3.8, 4) is 0 Å². The van der Waals surface area contributed by atoms with E-state index in [1.165, 1.54) is 0 Å². The number of halogens is 1. The van der Waals surface area contributed by atoms with Crippen molar-refractivity contribution in [2.24, 2.45) is 0 Å². The first-order chi connectivity index (χ1) is 11.1. The van der Waals surface area contributed by atoms with Crippen LogP contribution in [-0.2, 0) is 0 Å². The van der Waals surface area contributed by atoms with E-state index in [2.05, 4.69) is 26.6 Å². The van der Waals surface area contributed by atoms with Crippen LogP contribution in [0.15, 0.2) is 53.0 Å². The van der Waals surface area contributed by atoms with Crippen molar-refractivity contribution < 1.29 is 4.79 Å². The summed E-state index contributed by atoms with van der Waals surface area (Å²) < 4.78 is 1.05. The van der Waals surface area contributed by atoms with E-state index in [9.17, 15) is 4.79 Å². The Labute approximate surface area is 145 Å². The van der Waals surface area contributed by atoms with Crippen molar-refractivity contribution in [1.82, 2.24) is 4.90 Å². The molecule has 1 unspecified atom stereocenters. The second kappa shape index (κ2) is 7.04. The molecule has 0 aromatic heterocycles. The van der Waals surface area contributed by atoms with Crippen molar-refractivity contribution in [2.75, 3.05) is 23.7 Å². The third-order valence-electron chi connectivity index (χ3n) is 4.03. The minimum Gasteiger partial charge on any atom is -0.380 e. The van der Waals surface area contributed by atoms with Crippen LogP contribution in [0, 0.1) is 6.92 Å². The van der Waals surface area contributed by atoms with E-state index in [1.54, 1.807) is 0 Å². The lowest BCUT2D eigenvalue weighted by molar-refractivity contribution is 0.222. The molecule has 3 rings (SSSR count). The van der Waals surface area contributed by atoms with Crippen LogP contribution in [0.5, 0.6) is 0 Å². The molecule has 2 aromatic carbocycles. The lowest BCUT2D eigenvalue weighted by Gasteiger charge is -2.18. The molecular weight excluding hydrogens is 354 g/mol. The number of nitrogens with one attached hydrogen (secondary N) is 2. The van der Waals surface area contributed by atoms with Crippen molar-refractivity contribution in [3.63, 3.8) is 0 Å². The highest BCUT2D eigenvalue weighted by atomic mass is 79.9. The molecule has 1 saturated heterocycles. The average Bonchev–Trinajstić information content (AvgIpc) is 3.00. The number of nitrogens with zero attached hydrogens (tertiary/aromatic N) is 1. The van der Waals surface area contributed by atoms with Crippen LogP contribution in [0.3, 0.4) is 0 Å². The Morgan fingerprint density at radius 2 is 1.96 bits per heavy atom. The first-order valence-electron chi connectivity index (χ1n) is 7.75. The van der Waals surface area contributed by atoms with Crippen molar-refractivity contribution >= 4 is 33.3 Å². The molecular formula is C18H20BrN3O. The first kappa shape index (κ1) is 15.9. The number of amides is 2. The predicted octanol–water partition coefficient (Wildman–Crippen LogP) is 4.48. The monoisotopic (exact) mass is 373 g/mol. The number of benzene rings is 2. The van der Waals surface area contributed by atoms with Crippen LogP contribution in [0.25, 0.3) is 0 Å². The van der Waals surface area contributed by atoms with E-state index in [0.717, 1.165) is 40.9 Å². The number of carbonyl (C=O) groups excluding carboxylic acids is 1. The summed E-state index contributed by atoms with van der Waals surface area (Å²) in [5.74, 6) is 0. The van der Waals surface area contributed by atoms with Crippen LogP contribution in [0.1, 0.15) is 12.0 Å². The van der Waals surface area contributed by atoms with Gasteiger partial charge in [-0.2, -0.15) is 0 Å². The van der Waals surface area contributed by atoms with E-state index in [1.807, 2.05) is 60.4 Å². The van der Waals surface area contributed by atoms with E-state index in [-0.39, 0.29) is 6.03 Å². The number of rotatable bonds is 3. The average molecular weight is 374 g/mol. The zero-order valence-electron chi connectivity index (χ0n) is 13.1. The number of urea groups is 1. The highest BCUT2D eigenvalue weighted by molar-refractivity contribution is 9.10. The fourth-order valence-corrected chi connectivity index (χ4v) is 3.00. The third kappa shape index (κ3) is 4.05. The van der Waals surface area contributed by atoms with Gasteiger partial charge in [0.1, 0.15) is 0 Å². The molecule has 1 heterocycles. The molecule has 1 aliphatic heterocycles. The molecule has 23 heavy (non-hydrogen) atoms. The highest BCUT2D eigenvalue weighted by Crippen LogP contribution is 2.21. The number of likely N-dealkylation sites (tertiary alicyclic amines) is 1. The molecule has 2 N–H and O–H groups in total. The molecule has 0 bridgehead atoms. The highest BCUT2D eigenvalue weighted by Gasteiger charge is 2.26. The topological polar surface area (TPSA) is 44.4 Å². The Bertz CT molecular complexity index is 690. The Morgan fingerprint density at radius 3 is 2.70 bits per heavy atom. The molecule has 0 saturated carbocycles. The zero-order valence-corrected chi connectivity index (χ0v) is 14.6. The summed E-state index contributed by atoms with van der Waals surface area (Å²) >= 11 is 3.47. The summed E-state index contributed by atoms with van der Waals surface area (Å²) in [5, 5.41) is 6.45.